The molecular weight excluding hydrogens is 182 g/mol. The lowest BCUT2D eigenvalue weighted by atomic mass is 10.1. The van der Waals surface area contributed by atoms with E-state index in [2.05, 4.69) is 17.4 Å². The fourth-order valence-corrected chi connectivity index (χ4v) is 1.15. The van der Waals surface area contributed by atoms with Crippen LogP contribution in [0, 0.1) is 5.92 Å². The van der Waals surface area contributed by atoms with Gasteiger partial charge >= 0.3 is 0 Å². The summed E-state index contributed by atoms with van der Waals surface area (Å²) in [5.74, 6) is 0.240. The van der Waals surface area contributed by atoms with E-state index in [1.54, 1.807) is 0 Å². The molecule has 2 unspecified atom stereocenters. The number of amidine groups is 1. The minimum Gasteiger partial charge on any atom is -0.409 e. The summed E-state index contributed by atoms with van der Waals surface area (Å²) in [4.78, 5) is 0. The average molecular weight is 203 g/mol. The van der Waals surface area contributed by atoms with Gasteiger partial charge in [0.1, 0.15) is 5.84 Å². The van der Waals surface area contributed by atoms with Crippen molar-refractivity contribution in [3.8, 4) is 0 Å². The quantitative estimate of drug-likeness (QED) is 0.205. The van der Waals surface area contributed by atoms with E-state index in [0.29, 0.717) is 12.6 Å². The molecule has 5 nitrogen and oxygen atoms in total. The van der Waals surface area contributed by atoms with Gasteiger partial charge in [0.05, 0.1) is 0 Å². The van der Waals surface area contributed by atoms with Crippen molar-refractivity contribution in [3.05, 3.63) is 0 Å². The number of aliphatic hydroxyl groups excluding tert-OH is 1. The normalized spacial score (nSPS) is 16.6. The Balaban J connectivity index is 3.78. The van der Waals surface area contributed by atoms with Gasteiger partial charge < -0.3 is 21.4 Å². The van der Waals surface area contributed by atoms with Crippen LogP contribution in [0.3, 0.4) is 0 Å². The molecule has 0 heterocycles. The van der Waals surface area contributed by atoms with E-state index in [1.807, 2.05) is 6.92 Å². The lowest BCUT2D eigenvalue weighted by Gasteiger charge is -2.18. The lowest BCUT2D eigenvalue weighted by Crippen LogP contribution is -2.37. The van der Waals surface area contributed by atoms with E-state index in [0.717, 1.165) is 12.8 Å². The Morgan fingerprint density at radius 1 is 1.57 bits per heavy atom. The summed E-state index contributed by atoms with van der Waals surface area (Å²) in [5.41, 5.74) is 5.43. The molecule has 0 rings (SSSR count). The van der Waals surface area contributed by atoms with Crippen molar-refractivity contribution < 1.29 is 10.3 Å². The summed E-state index contributed by atoms with van der Waals surface area (Å²) in [5, 5.41) is 23.4. The fourth-order valence-electron chi connectivity index (χ4n) is 1.15. The molecular formula is C9H21N3O2. The average Bonchev–Trinajstić information content (AvgIpc) is 2.22. The number of nitrogens with zero attached hydrogens (tertiary/aromatic N) is 1. The molecule has 0 aromatic carbocycles. The van der Waals surface area contributed by atoms with Crippen LogP contribution in [-0.4, -0.2) is 35.3 Å². The number of nitrogens with two attached hydrogens (primary N) is 1. The zero-order valence-corrected chi connectivity index (χ0v) is 8.90. The number of rotatable bonds is 7. The van der Waals surface area contributed by atoms with Crippen molar-refractivity contribution in [2.24, 2.45) is 16.8 Å². The SMILES string of the molecule is CCC(CCO)NCC(C)C(N)=NO. The van der Waals surface area contributed by atoms with E-state index in [1.165, 1.54) is 0 Å². The summed E-state index contributed by atoms with van der Waals surface area (Å²) >= 11 is 0. The van der Waals surface area contributed by atoms with Crippen LogP contribution in [-0.2, 0) is 0 Å². The van der Waals surface area contributed by atoms with Gasteiger partial charge in [0.2, 0.25) is 0 Å². The molecule has 0 aliphatic rings. The number of nitrogens with one attached hydrogen (secondary N) is 1. The first kappa shape index (κ1) is 13.2. The zero-order valence-electron chi connectivity index (χ0n) is 8.90. The van der Waals surface area contributed by atoms with Gasteiger partial charge in [0.25, 0.3) is 0 Å². The highest BCUT2D eigenvalue weighted by molar-refractivity contribution is 5.82. The summed E-state index contributed by atoms with van der Waals surface area (Å²) in [6, 6.07) is 0.300. The monoisotopic (exact) mass is 203 g/mol. The summed E-state index contributed by atoms with van der Waals surface area (Å²) in [6.07, 6.45) is 1.70. The third-order valence-electron chi connectivity index (χ3n) is 2.30. The van der Waals surface area contributed by atoms with Crippen molar-refractivity contribution in [2.45, 2.75) is 32.7 Å². The van der Waals surface area contributed by atoms with E-state index in [9.17, 15) is 0 Å². The Labute approximate surface area is 85.0 Å². The smallest absolute Gasteiger partial charge is 0.143 e. The van der Waals surface area contributed by atoms with E-state index in [-0.39, 0.29) is 18.4 Å². The van der Waals surface area contributed by atoms with Gasteiger partial charge in [0, 0.05) is 25.1 Å². The minimum absolute atomic E-state index is 0.00717. The van der Waals surface area contributed by atoms with Gasteiger partial charge in [-0.1, -0.05) is 19.0 Å². The maximum Gasteiger partial charge on any atom is 0.143 e. The topological polar surface area (TPSA) is 90.9 Å². The second kappa shape index (κ2) is 7.58. The van der Waals surface area contributed by atoms with Crippen molar-refractivity contribution in [1.82, 2.24) is 5.32 Å². The molecule has 84 valence electrons. The number of aliphatic hydroxyl groups is 1. The molecule has 0 radical (unpaired) electrons. The van der Waals surface area contributed by atoms with Crippen LogP contribution in [0.15, 0.2) is 5.16 Å². The molecule has 14 heavy (non-hydrogen) atoms. The summed E-state index contributed by atoms with van der Waals surface area (Å²) in [7, 11) is 0. The van der Waals surface area contributed by atoms with Gasteiger partial charge in [-0.15, -0.1) is 0 Å². The van der Waals surface area contributed by atoms with Gasteiger partial charge in [-0.2, -0.15) is 0 Å². The van der Waals surface area contributed by atoms with Crippen LogP contribution in [0.25, 0.3) is 0 Å². The fraction of sp³-hybridized carbons (Fsp3) is 0.889. The van der Waals surface area contributed by atoms with Crippen LogP contribution in [0.1, 0.15) is 26.7 Å². The van der Waals surface area contributed by atoms with Gasteiger partial charge in [-0.3, -0.25) is 0 Å². The largest absolute Gasteiger partial charge is 0.409 e. The highest BCUT2D eigenvalue weighted by Gasteiger charge is 2.10. The molecule has 0 saturated heterocycles. The molecule has 0 aliphatic carbocycles. The molecule has 5 N–H and O–H groups in total. The summed E-state index contributed by atoms with van der Waals surface area (Å²) < 4.78 is 0. The number of oxime groups is 1. The first-order valence-electron chi connectivity index (χ1n) is 4.97. The standard InChI is InChI=1S/C9H21N3O2/c1-3-8(4-5-13)11-6-7(2)9(10)12-14/h7-8,11,13-14H,3-6H2,1-2H3,(H2,10,12). The zero-order chi connectivity index (χ0) is 11.0. The Hall–Kier alpha value is -0.810. The van der Waals surface area contributed by atoms with Gasteiger partial charge in [-0.05, 0) is 12.8 Å². The molecule has 2 atom stereocenters. The Bertz CT molecular complexity index is 173. The predicted octanol–water partition coefficient (Wildman–Crippen LogP) is 0.120. The molecule has 0 fully saturated rings. The first-order valence-corrected chi connectivity index (χ1v) is 4.97. The second-order valence-electron chi connectivity index (χ2n) is 3.45. The Kier molecular flexibility index (Phi) is 7.14. The Morgan fingerprint density at radius 3 is 2.64 bits per heavy atom. The van der Waals surface area contributed by atoms with Crippen molar-refractivity contribution >= 4 is 5.84 Å². The molecule has 0 amide bonds. The molecule has 0 aliphatic heterocycles. The molecule has 0 spiro atoms. The van der Waals surface area contributed by atoms with Crippen molar-refractivity contribution in [2.75, 3.05) is 13.2 Å². The molecule has 0 aromatic rings. The van der Waals surface area contributed by atoms with Gasteiger partial charge in [0.15, 0.2) is 0 Å². The second-order valence-corrected chi connectivity index (χ2v) is 3.45. The molecule has 0 aromatic heterocycles. The van der Waals surface area contributed by atoms with Crippen molar-refractivity contribution in [1.29, 1.82) is 0 Å². The van der Waals surface area contributed by atoms with E-state index >= 15 is 0 Å². The van der Waals surface area contributed by atoms with E-state index < -0.39 is 0 Å². The maximum absolute atomic E-state index is 8.76. The predicted molar refractivity (Wildman–Crippen MR) is 56.4 cm³/mol. The number of hydrogen-bond donors (Lipinski definition) is 4. The highest BCUT2D eigenvalue weighted by Crippen LogP contribution is 1.99. The van der Waals surface area contributed by atoms with Gasteiger partial charge in [-0.25, -0.2) is 0 Å². The molecule has 0 bridgehead atoms. The van der Waals surface area contributed by atoms with E-state index in [4.69, 9.17) is 16.0 Å². The highest BCUT2D eigenvalue weighted by atomic mass is 16.4. The maximum atomic E-state index is 8.76. The third-order valence-corrected chi connectivity index (χ3v) is 2.30. The molecule has 5 heteroatoms. The van der Waals surface area contributed by atoms with Crippen LogP contribution >= 0.6 is 0 Å². The van der Waals surface area contributed by atoms with Crippen LogP contribution in [0.4, 0.5) is 0 Å². The van der Waals surface area contributed by atoms with Crippen molar-refractivity contribution in [3.63, 3.8) is 0 Å². The lowest BCUT2D eigenvalue weighted by molar-refractivity contribution is 0.261. The minimum atomic E-state index is 0.00717. The van der Waals surface area contributed by atoms with Crippen LogP contribution in [0.2, 0.25) is 0 Å². The van der Waals surface area contributed by atoms with Crippen LogP contribution < -0.4 is 11.1 Å². The first-order chi connectivity index (χ1) is 6.65. The third kappa shape index (κ3) is 5.04. The summed E-state index contributed by atoms with van der Waals surface area (Å²) in [6.45, 7) is 4.78. The molecule has 0 saturated carbocycles. The number of hydrogen-bond acceptors (Lipinski definition) is 4. The Morgan fingerprint density at radius 2 is 2.21 bits per heavy atom. The van der Waals surface area contributed by atoms with Crippen LogP contribution in [0.5, 0.6) is 0 Å².